The maximum absolute atomic E-state index is 5.88. The lowest BCUT2D eigenvalue weighted by Gasteiger charge is -2.32. The molecule has 1 saturated carbocycles. The average Bonchev–Trinajstić information content (AvgIpc) is 2.50. The molecule has 1 saturated heterocycles. The van der Waals surface area contributed by atoms with Gasteiger partial charge in [0.2, 0.25) is 5.95 Å². The maximum Gasteiger partial charge on any atom is 0.222 e. The van der Waals surface area contributed by atoms with E-state index in [0.29, 0.717) is 17.9 Å². The summed E-state index contributed by atoms with van der Waals surface area (Å²) in [5.74, 6) is 1.69. The molecule has 3 rings (SSSR count). The molecule has 0 spiro atoms. The van der Waals surface area contributed by atoms with E-state index in [9.17, 15) is 0 Å². The molecule has 24 heavy (non-hydrogen) atoms. The highest BCUT2D eigenvalue weighted by Crippen LogP contribution is 2.35. The van der Waals surface area contributed by atoms with Crippen molar-refractivity contribution in [1.82, 2.24) is 14.9 Å². The van der Waals surface area contributed by atoms with Gasteiger partial charge in [-0.05, 0) is 12.8 Å². The molecule has 1 aliphatic carbocycles. The summed E-state index contributed by atoms with van der Waals surface area (Å²) in [6.07, 6.45) is 1.99. The smallest absolute Gasteiger partial charge is 0.222 e. The number of hydrogen-bond acceptors (Lipinski definition) is 7. The normalized spacial score (nSPS) is 23.6. The van der Waals surface area contributed by atoms with Gasteiger partial charge in [-0.15, -0.1) is 24.8 Å². The molecular weight excluding hydrogens is 351 g/mol. The van der Waals surface area contributed by atoms with Crippen LogP contribution in [0.15, 0.2) is 6.07 Å². The molecule has 1 aliphatic heterocycles. The zero-order valence-corrected chi connectivity index (χ0v) is 15.7. The van der Waals surface area contributed by atoms with Gasteiger partial charge in [-0.25, -0.2) is 4.98 Å². The van der Waals surface area contributed by atoms with Crippen molar-refractivity contribution in [1.29, 1.82) is 0 Å². The third-order valence-corrected chi connectivity index (χ3v) is 4.59. The Hall–Kier alpha value is -0.860. The van der Waals surface area contributed by atoms with Crippen molar-refractivity contribution in [2.45, 2.75) is 24.8 Å². The lowest BCUT2D eigenvalue weighted by atomic mass is 9.78. The first-order valence-electron chi connectivity index (χ1n) is 8.03. The van der Waals surface area contributed by atoms with E-state index in [4.69, 9.17) is 16.2 Å². The molecule has 0 radical (unpaired) electrons. The summed E-state index contributed by atoms with van der Waals surface area (Å²) < 4.78 is 5.37. The number of nitrogen functional groups attached to an aromatic ring is 1. The van der Waals surface area contributed by atoms with Crippen molar-refractivity contribution in [2.75, 3.05) is 57.1 Å². The van der Waals surface area contributed by atoms with Gasteiger partial charge in [0.1, 0.15) is 5.82 Å². The molecule has 0 amide bonds. The summed E-state index contributed by atoms with van der Waals surface area (Å²) in [6, 6.07) is 2.37. The number of anilines is 2. The Morgan fingerprint density at radius 1 is 1.25 bits per heavy atom. The van der Waals surface area contributed by atoms with Gasteiger partial charge in [-0.1, -0.05) is 0 Å². The van der Waals surface area contributed by atoms with Crippen LogP contribution in [-0.2, 0) is 4.74 Å². The zero-order chi connectivity index (χ0) is 15.5. The standard InChI is InChI=1S/C15H26N6O.2ClH/c1-20(2-3-21-4-6-22-7-5-21)14-10-13(18-15(17)19-14)11-8-12(16)9-11;;/h10-12H,2-9,16H2,1H3,(H2,17,18,19);2*1H. The molecule has 7 nitrogen and oxygen atoms in total. The fraction of sp³-hybridized carbons (Fsp3) is 0.733. The third kappa shape index (κ3) is 5.32. The predicted octanol–water partition coefficient (Wildman–Crippen LogP) is 0.875. The van der Waals surface area contributed by atoms with Crippen LogP contribution in [0.5, 0.6) is 0 Å². The number of hydrogen-bond donors (Lipinski definition) is 2. The first kappa shape index (κ1) is 21.2. The maximum atomic E-state index is 5.88. The molecule has 1 aromatic rings. The van der Waals surface area contributed by atoms with E-state index < -0.39 is 0 Å². The lowest BCUT2D eigenvalue weighted by molar-refractivity contribution is 0.0393. The van der Waals surface area contributed by atoms with Crippen LogP contribution >= 0.6 is 24.8 Å². The molecule has 9 heteroatoms. The molecular formula is C15H28Cl2N6O. The van der Waals surface area contributed by atoms with E-state index in [2.05, 4.69) is 32.9 Å². The zero-order valence-electron chi connectivity index (χ0n) is 14.1. The molecule has 2 aliphatic rings. The van der Waals surface area contributed by atoms with Crippen LogP contribution in [0.4, 0.5) is 11.8 Å². The van der Waals surface area contributed by atoms with Crippen molar-refractivity contribution in [2.24, 2.45) is 5.73 Å². The minimum Gasteiger partial charge on any atom is -0.379 e. The first-order chi connectivity index (χ1) is 10.6. The molecule has 138 valence electrons. The number of nitrogens with two attached hydrogens (primary N) is 2. The Morgan fingerprint density at radius 2 is 1.92 bits per heavy atom. The van der Waals surface area contributed by atoms with Crippen molar-refractivity contribution in [3.63, 3.8) is 0 Å². The quantitative estimate of drug-likeness (QED) is 0.784. The van der Waals surface area contributed by atoms with Crippen LogP contribution in [0.1, 0.15) is 24.5 Å². The minimum atomic E-state index is 0. The molecule has 2 fully saturated rings. The monoisotopic (exact) mass is 378 g/mol. The average molecular weight is 379 g/mol. The molecule has 0 atom stereocenters. The van der Waals surface area contributed by atoms with Gasteiger partial charge >= 0.3 is 0 Å². The fourth-order valence-electron chi connectivity index (χ4n) is 3.01. The highest BCUT2D eigenvalue weighted by Gasteiger charge is 2.29. The number of aromatic nitrogens is 2. The van der Waals surface area contributed by atoms with Crippen LogP contribution in [-0.4, -0.2) is 67.4 Å². The number of morpholine rings is 1. The van der Waals surface area contributed by atoms with E-state index >= 15 is 0 Å². The van der Waals surface area contributed by atoms with E-state index in [1.165, 1.54) is 0 Å². The summed E-state index contributed by atoms with van der Waals surface area (Å²) in [5, 5.41) is 0. The Bertz CT molecular complexity index is 509. The Labute approximate surface area is 155 Å². The van der Waals surface area contributed by atoms with Crippen molar-refractivity contribution >= 4 is 36.6 Å². The number of rotatable bonds is 5. The second kappa shape index (κ2) is 9.58. The van der Waals surface area contributed by atoms with E-state index in [-0.39, 0.29) is 24.8 Å². The van der Waals surface area contributed by atoms with Crippen molar-refractivity contribution in [3.05, 3.63) is 11.8 Å². The van der Waals surface area contributed by atoms with Gasteiger partial charge in [0.05, 0.1) is 18.9 Å². The Morgan fingerprint density at radius 3 is 2.54 bits per heavy atom. The Balaban J connectivity index is 0.00000144. The van der Waals surface area contributed by atoms with Crippen molar-refractivity contribution in [3.8, 4) is 0 Å². The van der Waals surface area contributed by atoms with Crippen LogP contribution in [0.2, 0.25) is 0 Å². The Kier molecular flexibility index (Phi) is 8.45. The van der Waals surface area contributed by atoms with Gasteiger partial charge in [-0.3, -0.25) is 4.90 Å². The van der Waals surface area contributed by atoms with Gasteiger partial charge in [0.15, 0.2) is 0 Å². The van der Waals surface area contributed by atoms with Gasteiger partial charge < -0.3 is 21.1 Å². The largest absolute Gasteiger partial charge is 0.379 e. The molecule has 0 unspecified atom stereocenters. The van der Waals surface area contributed by atoms with Crippen LogP contribution in [0.25, 0.3) is 0 Å². The first-order valence-corrected chi connectivity index (χ1v) is 8.03. The highest BCUT2D eigenvalue weighted by atomic mass is 35.5. The van der Waals surface area contributed by atoms with Crippen LogP contribution in [0, 0.1) is 0 Å². The minimum absolute atomic E-state index is 0. The highest BCUT2D eigenvalue weighted by molar-refractivity contribution is 5.85. The molecule has 2 heterocycles. The van der Waals surface area contributed by atoms with Crippen LogP contribution in [0.3, 0.4) is 0 Å². The second-order valence-corrected chi connectivity index (χ2v) is 6.31. The summed E-state index contributed by atoms with van der Waals surface area (Å²) in [4.78, 5) is 13.3. The van der Waals surface area contributed by atoms with E-state index in [1.807, 2.05) is 0 Å². The SMILES string of the molecule is CN(CCN1CCOCC1)c1cc(C2CC(N)C2)nc(N)n1.Cl.Cl. The summed E-state index contributed by atoms with van der Waals surface area (Å²) in [5.41, 5.74) is 12.8. The molecule has 0 aromatic carbocycles. The summed E-state index contributed by atoms with van der Waals surface area (Å²) >= 11 is 0. The fourth-order valence-corrected chi connectivity index (χ4v) is 3.01. The molecule has 4 N–H and O–H groups in total. The van der Waals surface area contributed by atoms with E-state index in [1.54, 1.807) is 0 Å². The number of ether oxygens (including phenoxy) is 1. The van der Waals surface area contributed by atoms with E-state index in [0.717, 1.165) is 63.7 Å². The second-order valence-electron chi connectivity index (χ2n) is 6.31. The van der Waals surface area contributed by atoms with Gasteiger partial charge in [0.25, 0.3) is 0 Å². The third-order valence-electron chi connectivity index (χ3n) is 4.59. The van der Waals surface area contributed by atoms with Gasteiger partial charge in [-0.2, -0.15) is 4.98 Å². The number of likely N-dealkylation sites (N-methyl/N-ethyl adjacent to an activating group) is 1. The molecule has 1 aromatic heterocycles. The lowest BCUT2D eigenvalue weighted by Crippen LogP contribution is -2.41. The topological polar surface area (TPSA) is 93.5 Å². The summed E-state index contributed by atoms with van der Waals surface area (Å²) in [6.45, 7) is 5.59. The predicted molar refractivity (Wildman–Crippen MR) is 101 cm³/mol. The van der Waals surface area contributed by atoms with Crippen molar-refractivity contribution < 1.29 is 4.74 Å². The molecule has 0 bridgehead atoms. The van der Waals surface area contributed by atoms with Crippen LogP contribution < -0.4 is 16.4 Å². The summed E-state index contributed by atoms with van der Waals surface area (Å²) in [7, 11) is 2.05. The van der Waals surface area contributed by atoms with Gasteiger partial charge in [0, 0.05) is 51.3 Å². The number of nitrogens with zero attached hydrogens (tertiary/aromatic N) is 4. The number of halogens is 2.